The van der Waals surface area contributed by atoms with Gasteiger partial charge >= 0.3 is 0 Å². The molecule has 0 aromatic carbocycles. The molecule has 13 heteroatoms. The third kappa shape index (κ3) is 8.75. The van der Waals surface area contributed by atoms with Crippen molar-refractivity contribution in [2.24, 2.45) is 0 Å². The van der Waals surface area contributed by atoms with E-state index in [1.165, 1.54) is 50.0 Å². The number of carbonyl (C=O) groups excluding carboxylic acids is 1. The van der Waals surface area contributed by atoms with Crippen LogP contribution in [0.5, 0.6) is 0 Å². The van der Waals surface area contributed by atoms with Crippen molar-refractivity contribution in [3.63, 3.8) is 0 Å². The number of nitrogens with one attached hydrogen (secondary N) is 4. The maximum Gasteiger partial charge on any atom is 0.235 e. The second kappa shape index (κ2) is 15.6. The number of terminal acetylenes is 1. The quantitative estimate of drug-likeness (QED) is 0.201. The molecular weight excluding hydrogens is 496 g/mol. The summed E-state index contributed by atoms with van der Waals surface area (Å²) in [5.41, 5.74) is 1.20. The zero-order valence-corrected chi connectivity index (χ0v) is 22.1. The molecule has 3 fully saturated rings. The first-order valence-corrected chi connectivity index (χ1v) is 12.9. The molecule has 1 aliphatic carbocycles. The summed E-state index contributed by atoms with van der Waals surface area (Å²) in [6.07, 6.45) is 18.0. The number of amides is 1. The first kappa shape index (κ1) is 29.0. The number of piperazine rings is 1. The minimum Gasteiger partial charge on any atom is -0.341 e. The Balaban J connectivity index is 0.000000273. The lowest BCUT2D eigenvalue weighted by atomic mass is 10.3. The van der Waals surface area contributed by atoms with Crippen LogP contribution >= 0.6 is 0 Å². The van der Waals surface area contributed by atoms with E-state index in [9.17, 15) is 4.79 Å². The minimum absolute atomic E-state index is 0.465. The van der Waals surface area contributed by atoms with Crippen LogP contribution in [0.25, 0.3) is 0 Å². The number of nitrogens with zero attached hydrogens (tertiary/aromatic N) is 8. The van der Waals surface area contributed by atoms with E-state index >= 15 is 0 Å². The molecule has 5 heterocycles. The standard InChI is InChI=1S/C17H25N9.C5H5N3O.C2H4.C2H2/c1-2-8-25(7-1)16-20-15(19-14-11-13(23-24-14)12-3-4-12)21-17(22-16)26-9-5-18-6-10-26;9-4-8-5-3-6-1-2-7-5;2*1-2/h11-12,18H,1-10H2,(H2,19,20,21,22,23,24);1-4H,(H,7,8,9);1-2H2;1-2H. The smallest absolute Gasteiger partial charge is 0.235 e. The summed E-state index contributed by atoms with van der Waals surface area (Å²) in [6, 6.07) is 2.07. The SMILES string of the molecule is C#C.C=C.O=CNc1cnccn1.c1c(Nc2nc(N3CCCC3)nc(N3CCNCC3)n2)n[nH]c1C1CC1. The molecule has 3 aromatic rings. The van der Waals surface area contributed by atoms with Crippen molar-refractivity contribution in [1.29, 1.82) is 0 Å². The summed E-state index contributed by atoms with van der Waals surface area (Å²) < 4.78 is 0. The van der Waals surface area contributed by atoms with Crippen LogP contribution in [0.3, 0.4) is 0 Å². The Morgan fingerprint density at radius 3 is 2.21 bits per heavy atom. The number of H-pyrrole nitrogens is 1. The number of aromatic amines is 1. The van der Waals surface area contributed by atoms with Crippen LogP contribution in [0.2, 0.25) is 0 Å². The van der Waals surface area contributed by atoms with Gasteiger partial charge in [-0.2, -0.15) is 20.1 Å². The van der Waals surface area contributed by atoms with E-state index < -0.39 is 0 Å². The highest BCUT2D eigenvalue weighted by Crippen LogP contribution is 2.39. The number of carbonyl (C=O) groups is 1. The van der Waals surface area contributed by atoms with E-state index in [2.05, 4.69) is 88.0 Å². The predicted octanol–water partition coefficient (Wildman–Crippen LogP) is 2.32. The van der Waals surface area contributed by atoms with E-state index in [4.69, 9.17) is 4.98 Å². The molecule has 2 saturated heterocycles. The molecule has 1 amide bonds. The van der Waals surface area contributed by atoms with Crippen molar-refractivity contribution in [2.75, 3.05) is 59.7 Å². The van der Waals surface area contributed by atoms with Crippen molar-refractivity contribution in [2.45, 2.75) is 31.6 Å². The van der Waals surface area contributed by atoms with Gasteiger partial charge in [-0.1, -0.05) is 0 Å². The highest BCUT2D eigenvalue weighted by molar-refractivity contribution is 5.67. The number of hydrogen-bond acceptors (Lipinski definition) is 11. The average Bonchev–Trinajstić information content (AvgIpc) is 3.49. The lowest BCUT2D eigenvalue weighted by Crippen LogP contribution is -2.44. The van der Waals surface area contributed by atoms with Gasteiger partial charge in [0, 0.05) is 69.3 Å². The van der Waals surface area contributed by atoms with Crippen LogP contribution in [0.1, 0.15) is 37.3 Å². The molecule has 0 bridgehead atoms. The summed E-state index contributed by atoms with van der Waals surface area (Å²) in [4.78, 5) is 35.9. The van der Waals surface area contributed by atoms with Crippen LogP contribution in [0.4, 0.5) is 29.5 Å². The van der Waals surface area contributed by atoms with Crippen molar-refractivity contribution in [3.8, 4) is 12.8 Å². The molecule has 0 unspecified atom stereocenters. The Morgan fingerprint density at radius 2 is 1.62 bits per heavy atom. The Morgan fingerprint density at radius 1 is 0.949 bits per heavy atom. The van der Waals surface area contributed by atoms with Gasteiger partial charge in [-0.25, -0.2) is 4.98 Å². The Hall–Kier alpha value is -4.57. The second-order valence-corrected chi connectivity index (χ2v) is 8.65. The summed E-state index contributed by atoms with van der Waals surface area (Å²) in [7, 11) is 0. The monoisotopic (exact) mass is 532 g/mol. The van der Waals surface area contributed by atoms with Crippen LogP contribution in [0, 0.1) is 12.8 Å². The zero-order chi connectivity index (χ0) is 27.9. The first-order valence-electron chi connectivity index (χ1n) is 12.9. The topological polar surface area (TPSA) is 153 Å². The zero-order valence-electron chi connectivity index (χ0n) is 22.1. The minimum atomic E-state index is 0.465. The van der Waals surface area contributed by atoms with Crippen LogP contribution in [0.15, 0.2) is 37.8 Å². The van der Waals surface area contributed by atoms with Gasteiger partial charge in [0.25, 0.3) is 0 Å². The fraction of sp³-hybridized carbons (Fsp3) is 0.423. The van der Waals surface area contributed by atoms with Crippen LogP contribution < -0.4 is 25.8 Å². The fourth-order valence-electron chi connectivity index (χ4n) is 4.03. The third-order valence-electron chi connectivity index (χ3n) is 6.03. The second-order valence-electron chi connectivity index (χ2n) is 8.65. The van der Waals surface area contributed by atoms with Crippen molar-refractivity contribution < 1.29 is 4.79 Å². The molecule has 6 rings (SSSR count). The molecule has 3 aliphatic rings. The van der Waals surface area contributed by atoms with Crippen LogP contribution in [-0.4, -0.2) is 80.8 Å². The van der Waals surface area contributed by atoms with Gasteiger partial charge in [-0.3, -0.25) is 14.9 Å². The van der Waals surface area contributed by atoms with Crippen molar-refractivity contribution in [3.05, 3.63) is 43.5 Å². The van der Waals surface area contributed by atoms with E-state index in [1.807, 2.05) is 0 Å². The van der Waals surface area contributed by atoms with Crippen LogP contribution in [-0.2, 0) is 4.79 Å². The summed E-state index contributed by atoms with van der Waals surface area (Å²) in [5.74, 6) is 3.98. The highest BCUT2D eigenvalue weighted by atomic mass is 16.1. The maximum atomic E-state index is 9.80. The van der Waals surface area contributed by atoms with E-state index in [0.717, 1.165) is 57.0 Å². The normalized spacial score (nSPS) is 15.8. The molecule has 3 aromatic heterocycles. The lowest BCUT2D eigenvalue weighted by Gasteiger charge is -2.28. The van der Waals surface area contributed by atoms with Gasteiger partial charge in [0.15, 0.2) is 11.6 Å². The molecular formula is C26H36N12O. The van der Waals surface area contributed by atoms with Crippen molar-refractivity contribution >= 4 is 35.9 Å². The molecule has 0 atom stereocenters. The number of anilines is 5. The lowest BCUT2D eigenvalue weighted by molar-refractivity contribution is -0.105. The molecule has 39 heavy (non-hydrogen) atoms. The fourth-order valence-corrected chi connectivity index (χ4v) is 4.03. The number of aromatic nitrogens is 7. The Labute approximate surface area is 229 Å². The van der Waals surface area contributed by atoms with E-state index in [1.54, 1.807) is 0 Å². The Kier molecular flexibility index (Phi) is 11.6. The van der Waals surface area contributed by atoms with Gasteiger partial charge in [0.05, 0.1) is 6.20 Å². The Bertz CT molecular complexity index is 1150. The number of hydrogen-bond donors (Lipinski definition) is 4. The van der Waals surface area contributed by atoms with Gasteiger partial charge in [0.1, 0.15) is 0 Å². The average molecular weight is 533 g/mol. The molecule has 0 spiro atoms. The van der Waals surface area contributed by atoms with Gasteiger partial charge in [0.2, 0.25) is 24.3 Å². The van der Waals surface area contributed by atoms with Gasteiger partial charge in [-0.15, -0.1) is 26.0 Å². The summed E-state index contributed by atoms with van der Waals surface area (Å²) in [6.45, 7) is 11.8. The molecule has 13 nitrogen and oxygen atoms in total. The molecule has 0 radical (unpaired) electrons. The molecule has 2 aliphatic heterocycles. The molecule has 1 saturated carbocycles. The summed E-state index contributed by atoms with van der Waals surface area (Å²) in [5, 5.41) is 16.5. The molecule has 4 N–H and O–H groups in total. The maximum absolute atomic E-state index is 9.80. The highest BCUT2D eigenvalue weighted by Gasteiger charge is 2.26. The van der Waals surface area contributed by atoms with Gasteiger partial charge in [-0.05, 0) is 25.7 Å². The number of rotatable bonds is 7. The first-order chi connectivity index (χ1) is 19.3. The summed E-state index contributed by atoms with van der Waals surface area (Å²) >= 11 is 0. The van der Waals surface area contributed by atoms with E-state index in [-0.39, 0.29) is 0 Å². The largest absolute Gasteiger partial charge is 0.341 e. The third-order valence-corrected chi connectivity index (χ3v) is 6.03. The molecule has 206 valence electrons. The van der Waals surface area contributed by atoms with Crippen molar-refractivity contribution in [1.82, 2.24) is 40.4 Å². The van der Waals surface area contributed by atoms with Gasteiger partial charge < -0.3 is 25.8 Å². The van der Waals surface area contributed by atoms with E-state index in [0.29, 0.717) is 24.1 Å². The predicted molar refractivity (Wildman–Crippen MR) is 153 cm³/mol.